The van der Waals surface area contributed by atoms with E-state index >= 15 is 0 Å². The highest BCUT2D eigenvalue weighted by Gasteiger charge is 2.40. The fraction of sp³-hybridized carbons (Fsp3) is 0.350. The predicted octanol–water partition coefficient (Wildman–Crippen LogP) is 2.39. The number of halogens is 4. The maximum Gasteiger partial charge on any atom is 0.423 e. The Morgan fingerprint density at radius 2 is 2.00 bits per heavy atom. The van der Waals surface area contributed by atoms with E-state index in [9.17, 15) is 27.2 Å². The van der Waals surface area contributed by atoms with Gasteiger partial charge in [0.2, 0.25) is 0 Å². The van der Waals surface area contributed by atoms with Crippen LogP contribution >= 0.6 is 12.2 Å². The lowest BCUT2D eigenvalue weighted by Crippen LogP contribution is -2.36. The Balaban J connectivity index is 1.79. The van der Waals surface area contributed by atoms with Crippen LogP contribution in [0.1, 0.15) is 23.8 Å². The minimum Gasteiger partial charge on any atom is -0.480 e. The van der Waals surface area contributed by atoms with Crippen molar-refractivity contribution in [2.75, 3.05) is 13.2 Å². The van der Waals surface area contributed by atoms with Crippen molar-refractivity contribution in [1.82, 2.24) is 9.55 Å². The lowest BCUT2D eigenvalue weighted by Gasteiger charge is -2.19. The number of aromatic nitrogens is 2. The average Bonchev–Trinajstić information content (AvgIpc) is 3.12. The van der Waals surface area contributed by atoms with Gasteiger partial charge in [0.1, 0.15) is 36.9 Å². The Bertz CT molecular complexity index is 1140. The van der Waals surface area contributed by atoms with Crippen LogP contribution in [0, 0.1) is 18.2 Å². The first-order valence-electron chi connectivity index (χ1n) is 9.16. The molecule has 0 saturated carbocycles. The molecule has 0 radical (unpaired) electrons. The summed E-state index contributed by atoms with van der Waals surface area (Å²) in [6.07, 6.45) is -2.18. The fourth-order valence-corrected chi connectivity index (χ4v) is 3.28. The third-order valence-corrected chi connectivity index (χ3v) is 4.96. The summed E-state index contributed by atoms with van der Waals surface area (Å²) in [7, 11) is 0. The van der Waals surface area contributed by atoms with E-state index in [-0.39, 0.29) is 24.7 Å². The monoisotopic (exact) mass is 472 g/mol. The Hall–Kier alpha value is -3.01. The summed E-state index contributed by atoms with van der Waals surface area (Å²) in [5.74, 6) is 1.82. The molecule has 170 valence electrons. The molecular formula is C20H16F4N2O5S. The lowest BCUT2D eigenvalue weighted by atomic mass is 10.2. The Kier molecular flexibility index (Phi) is 7.12. The summed E-state index contributed by atoms with van der Waals surface area (Å²) >= 11 is 5.15. The highest BCUT2D eigenvalue weighted by molar-refractivity contribution is 7.80. The zero-order valence-electron chi connectivity index (χ0n) is 16.2. The average molecular weight is 472 g/mol. The molecule has 3 atom stereocenters. The first-order chi connectivity index (χ1) is 15.1. The van der Waals surface area contributed by atoms with Crippen molar-refractivity contribution < 1.29 is 31.8 Å². The normalized spacial score (nSPS) is 20.7. The van der Waals surface area contributed by atoms with Crippen LogP contribution in [0.3, 0.4) is 0 Å². The van der Waals surface area contributed by atoms with Crippen LogP contribution in [0.5, 0.6) is 0 Å². The van der Waals surface area contributed by atoms with Crippen molar-refractivity contribution in [1.29, 1.82) is 0 Å². The Labute approximate surface area is 183 Å². The summed E-state index contributed by atoms with van der Waals surface area (Å²) in [4.78, 5) is 25.3. The van der Waals surface area contributed by atoms with Crippen molar-refractivity contribution in [3.05, 3.63) is 68.2 Å². The number of alkyl halides is 3. The molecule has 1 aromatic carbocycles. The molecule has 0 spiro atoms. The van der Waals surface area contributed by atoms with Gasteiger partial charge >= 0.3 is 11.9 Å². The minimum absolute atomic E-state index is 0.0355. The molecule has 2 heterocycles. The zero-order chi connectivity index (χ0) is 23.5. The van der Waals surface area contributed by atoms with E-state index < -0.39 is 47.2 Å². The van der Waals surface area contributed by atoms with Crippen molar-refractivity contribution in [3.63, 3.8) is 0 Å². The number of rotatable bonds is 6. The van der Waals surface area contributed by atoms with Gasteiger partial charge in [0.25, 0.3) is 5.56 Å². The van der Waals surface area contributed by atoms with Crippen LogP contribution < -0.4 is 11.2 Å². The number of aromatic amines is 1. The number of terminal acetylenes is 1. The maximum atomic E-state index is 13.1. The van der Waals surface area contributed by atoms with Gasteiger partial charge in [0, 0.05) is 18.2 Å². The lowest BCUT2D eigenvalue weighted by molar-refractivity contribution is -0.139. The van der Waals surface area contributed by atoms with E-state index in [1.807, 2.05) is 0 Å². The second kappa shape index (κ2) is 9.64. The van der Waals surface area contributed by atoms with E-state index in [0.29, 0.717) is 16.3 Å². The molecule has 0 amide bonds. The second-order valence-corrected chi connectivity index (χ2v) is 7.10. The summed E-state index contributed by atoms with van der Waals surface area (Å²) in [6, 6.07) is 5.24. The van der Waals surface area contributed by atoms with E-state index in [1.54, 1.807) is 4.98 Å². The number of ether oxygens (including phenoxy) is 3. The number of benzene rings is 1. The molecule has 12 heteroatoms. The highest BCUT2D eigenvalue weighted by Crippen LogP contribution is 2.32. The van der Waals surface area contributed by atoms with Crippen LogP contribution in [0.4, 0.5) is 17.6 Å². The molecule has 7 nitrogen and oxygen atoms in total. The first kappa shape index (κ1) is 23.6. The topological polar surface area (TPSA) is 82.6 Å². The zero-order valence-corrected chi connectivity index (χ0v) is 17.0. The number of nitrogens with one attached hydrogen (secondary N) is 1. The highest BCUT2D eigenvalue weighted by atomic mass is 32.1. The van der Waals surface area contributed by atoms with E-state index in [4.69, 9.17) is 32.9 Å². The van der Waals surface area contributed by atoms with Gasteiger partial charge in [-0.1, -0.05) is 5.92 Å². The van der Waals surface area contributed by atoms with E-state index in [1.165, 1.54) is 24.3 Å². The van der Waals surface area contributed by atoms with E-state index in [2.05, 4.69) is 5.92 Å². The number of hydrogen-bond donors (Lipinski definition) is 1. The van der Waals surface area contributed by atoms with Crippen molar-refractivity contribution in [3.8, 4) is 12.3 Å². The van der Waals surface area contributed by atoms with Crippen LogP contribution in [0.2, 0.25) is 0 Å². The standard InChI is InChI=1S/C20H16F4N2O5S/c1-2-7-29-14-8-16(26-9-13(20(22,23)24)17(27)25-19(26)28)31-15(14)10-30-18(32)11-3-5-12(21)6-4-11/h1,3-6,9,14-16H,7-8,10H2,(H,25,27,28)/t14-,15+,16+/m0/s1. The van der Waals surface area contributed by atoms with Crippen molar-refractivity contribution in [2.24, 2.45) is 0 Å². The van der Waals surface area contributed by atoms with E-state index in [0.717, 1.165) is 0 Å². The largest absolute Gasteiger partial charge is 0.480 e. The Morgan fingerprint density at radius 1 is 1.31 bits per heavy atom. The van der Waals surface area contributed by atoms with Crippen LogP contribution in [0.25, 0.3) is 0 Å². The van der Waals surface area contributed by atoms with Gasteiger partial charge in [-0.15, -0.1) is 6.42 Å². The maximum absolute atomic E-state index is 13.1. The van der Waals surface area contributed by atoms with Gasteiger partial charge in [-0.3, -0.25) is 14.3 Å². The number of H-pyrrole nitrogens is 1. The summed E-state index contributed by atoms with van der Waals surface area (Å²) in [5, 5.41) is 0.0355. The van der Waals surface area contributed by atoms with Crippen LogP contribution in [-0.2, 0) is 20.4 Å². The SMILES string of the molecule is C#CCO[C@H]1C[C@H](n2cc(C(F)(F)F)c(=O)[nH]c2=O)O[C@@H]1COC(=S)c1ccc(F)cc1. The number of nitrogens with zero attached hydrogens (tertiary/aromatic N) is 1. The molecule has 0 bridgehead atoms. The molecule has 2 aromatic rings. The van der Waals surface area contributed by atoms with Gasteiger partial charge in [0.05, 0.1) is 6.10 Å². The molecule has 1 aromatic heterocycles. The smallest absolute Gasteiger partial charge is 0.423 e. The Morgan fingerprint density at radius 3 is 2.62 bits per heavy atom. The minimum atomic E-state index is -4.97. The fourth-order valence-electron chi connectivity index (χ4n) is 3.08. The van der Waals surface area contributed by atoms with Crippen molar-refractivity contribution in [2.45, 2.75) is 31.0 Å². The summed E-state index contributed by atoms with van der Waals surface area (Å²) in [5.41, 5.74) is -3.74. The third kappa shape index (κ3) is 5.42. The van der Waals surface area contributed by atoms with Gasteiger partial charge in [-0.2, -0.15) is 13.2 Å². The molecule has 1 aliphatic heterocycles. The molecule has 0 aliphatic carbocycles. The molecular weight excluding hydrogens is 456 g/mol. The third-order valence-electron chi connectivity index (χ3n) is 4.60. The molecule has 0 unspecified atom stereocenters. The van der Waals surface area contributed by atoms with Crippen LogP contribution in [-0.4, -0.2) is 40.0 Å². The van der Waals surface area contributed by atoms with Gasteiger partial charge < -0.3 is 14.2 Å². The van der Waals surface area contributed by atoms with Gasteiger partial charge in [-0.05, 0) is 36.5 Å². The predicted molar refractivity (Wildman–Crippen MR) is 107 cm³/mol. The second-order valence-electron chi connectivity index (χ2n) is 6.73. The van der Waals surface area contributed by atoms with Crippen LogP contribution in [0.15, 0.2) is 40.1 Å². The molecule has 1 aliphatic rings. The number of thiocarbonyl (C=S) groups is 1. The molecule has 3 rings (SSSR count). The molecule has 1 N–H and O–H groups in total. The van der Waals surface area contributed by atoms with Crippen molar-refractivity contribution >= 4 is 17.3 Å². The molecule has 1 saturated heterocycles. The quantitative estimate of drug-likeness (QED) is 0.395. The summed E-state index contributed by atoms with van der Waals surface area (Å²) < 4.78 is 69.6. The first-order valence-corrected chi connectivity index (χ1v) is 9.57. The molecule has 1 fully saturated rings. The van der Waals surface area contributed by atoms with Gasteiger partial charge in [-0.25, -0.2) is 9.18 Å². The van der Waals surface area contributed by atoms with Gasteiger partial charge in [0.15, 0.2) is 5.05 Å². The molecule has 32 heavy (non-hydrogen) atoms. The summed E-state index contributed by atoms with van der Waals surface area (Å²) in [6.45, 7) is -0.292. The number of hydrogen-bond acceptors (Lipinski definition) is 6.